The van der Waals surface area contributed by atoms with Gasteiger partial charge in [0.05, 0.1) is 14.2 Å². The van der Waals surface area contributed by atoms with Gasteiger partial charge in [-0.25, -0.2) is 9.59 Å². The van der Waals surface area contributed by atoms with Crippen LogP contribution in [0.4, 0.5) is 9.59 Å². The van der Waals surface area contributed by atoms with E-state index >= 15 is 0 Å². The molecule has 0 fully saturated rings. The van der Waals surface area contributed by atoms with E-state index in [2.05, 4.69) is 9.47 Å². The van der Waals surface area contributed by atoms with E-state index < -0.39 is 33.6 Å². The van der Waals surface area contributed by atoms with Crippen LogP contribution in [0, 0.1) is 0 Å². The highest BCUT2D eigenvalue weighted by molar-refractivity contribution is 7.85. The predicted molar refractivity (Wildman–Crippen MR) is 86.1 cm³/mol. The number of rotatable bonds is 6. The Bertz CT molecular complexity index is 737. The van der Waals surface area contributed by atoms with Gasteiger partial charge < -0.3 is 18.9 Å². The summed E-state index contributed by atoms with van der Waals surface area (Å²) in [7, 11) is -1.95. The number of hydrogen-bond donors (Lipinski definition) is 1. The summed E-state index contributed by atoms with van der Waals surface area (Å²) in [5.41, 5.74) is -0.226. The van der Waals surface area contributed by atoms with Crippen molar-refractivity contribution in [2.24, 2.45) is 0 Å². The van der Waals surface area contributed by atoms with Crippen LogP contribution in [0.5, 0.6) is 5.75 Å². The fraction of sp³-hybridized carbons (Fsp3) is 0.467. The highest BCUT2D eigenvalue weighted by atomic mass is 32.2. The van der Waals surface area contributed by atoms with Crippen molar-refractivity contribution in [3.8, 4) is 5.75 Å². The monoisotopic (exact) mass is 376 g/mol. The number of carbonyl (C=O) groups excluding carboxylic acids is 2. The molecule has 1 rings (SSSR count). The summed E-state index contributed by atoms with van der Waals surface area (Å²) in [6.45, 7) is 3.24. The molecular weight excluding hydrogens is 356 g/mol. The summed E-state index contributed by atoms with van der Waals surface area (Å²) in [5, 5.41) is 0. The second kappa shape index (κ2) is 8.17. The molecule has 0 saturated carbocycles. The molecule has 1 N–H and O–H groups in total. The highest BCUT2D eigenvalue weighted by Gasteiger charge is 2.29. The fourth-order valence-electron chi connectivity index (χ4n) is 2.00. The van der Waals surface area contributed by atoms with Crippen LogP contribution in [0.3, 0.4) is 0 Å². The van der Waals surface area contributed by atoms with Gasteiger partial charge in [-0.1, -0.05) is 26.0 Å². The van der Waals surface area contributed by atoms with Gasteiger partial charge in [-0.05, 0) is 11.6 Å². The zero-order valence-electron chi connectivity index (χ0n) is 14.3. The van der Waals surface area contributed by atoms with Crippen LogP contribution in [0.25, 0.3) is 0 Å². The number of hydrogen-bond acceptors (Lipinski definition) is 8. The largest absolute Gasteiger partial charge is 0.513 e. The van der Waals surface area contributed by atoms with Gasteiger partial charge in [0, 0.05) is 11.0 Å². The van der Waals surface area contributed by atoms with Crippen molar-refractivity contribution in [2.45, 2.75) is 25.0 Å². The number of methoxy groups -OCH3 is 2. The first kappa shape index (κ1) is 20.7. The Morgan fingerprint density at radius 3 is 2.24 bits per heavy atom. The van der Waals surface area contributed by atoms with Gasteiger partial charge >= 0.3 is 12.3 Å². The second-order valence-corrected chi connectivity index (χ2v) is 7.19. The third-order valence-electron chi connectivity index (χ3n) is 3.20. The molecular formula is C15H20O9S. The van der Waals surface area contributed by atoms with Crippen LogP contribution in [-0.4, -0.2) is 46.1 Å². The van der Waals surface area contributed by atoms with Crippen molar-refractivity contribution in [3.05, 3.63) is 29.3 Å². The second-order valence-electron chi connectivity index (χ2n) is 5.74. The maximum Gasteiger partial charge on any atom is 0.513 e. The van der Waals surface area contributed by atoms with E-state index in [1.807, 2.05) is 0 Å². The molecule has 0 aromatic heterocycles. The highest BCUT2D eigenvalue weighted by Crippen LogP contribution is 2.34. The Morgan fingerprint density at radius 1 is 1.12 bits per heavy atom. The van der Waals surface area contributed by atoms with Gasteiger partial charge in [-0.3, -0.25) is 4.55 Å². The Labute approximate surface area is 145 Å². The first-order valence-corrected chi connectivity index (χ1v) is 8.64. The minimum Gasteiger partial charge on any atom is -0.438 e. The summed E-state index contributed by atoms with van der Waals surface area (Å²) in [6.07, 6.45) is -1.86. The lowest BCUT2D eigenvalue weighted by Gasteiger charge is -2.26. The Balaban J connectivity index is 3.26. The Hall–Kier alpha value is -2.33. The van der Waals surface area contributed by atoms with Crippen LogP contribution in [0.15, 0.2) is 18.2 Å². The molecule has 0 radical (unpaired) electrons. The van der Waals surface area contributed by atoms with Gasteiger partial charge in [0.1, 0.15) is 18.1 Å². The molecule has 0 atom stereocenters. The van der Waals surface area contributed by atoms with Gasteiger partial charge in [-0.15, -0.1) is 0 Å². The normalized spacial score (nSPS) is 11.6. The lowest BCUT2D eigenvalue weighted by atomic mass is 9.84. The van der Waals surface area contributed by atoms with Gasteiger partial charge in [-0.2, -0.15) is 8.42 Å². The van der Waals surface area contributed by atoms with E-state index in [1.54, 1.807) is 13.8 Å². The van der Waals surface area contributed by atoms with E-state index in [4.69, 9.17) is 14.0 Å². The smallest absolute Gasteiger partial charge is 0.438 e. The average Bonchev–Trinajstić information content (AvgIpc) is 2.52. The average molecular weight is 376 g/mol. The zero-order valence-corrected chi connectivity index (χ0v) is 15.1. The molecule has 1 aromatic carbocycles. The lowest BCUT2D eigenvalue weighted by Crippen LogP contribution is -2.28. The van der Waals surface area contributed by atoms with Crippen molar-refractivity contribution in [2.75, 3.05) is 20.8 Å². The van der Waals surface area contributed by atoms with Gasteiger partial charge in [0.2, 0.25) is 0 Å². The van der Waals surface area contributed by atoms with Crippen LogP contribution in [-0.2, 0) is 35.5 Å². The van der Waals surface area contributed by atoms with E-state index in [9.17, 15) is 18.0 Å². The lowest BCUT2D eigenvalue weighted by molar-refractivity contribution is 0.0571. The third-order valence-corrected chi connectivity index (χ3v) is 3.90. The van der Waals surface area contributed by atoms with Crippen molar-refractivity contribution < 1.29 is 41.5 Å². The number of ether oxygens (including phenoxy) is 4. The molecule has 9 nitrogen and oxygen atoms in total. The van der Waals surface area contributed by atoms with E-state index in [-0.39, 0.29) is 17.9 Å². The van der Waals surface area contributed by atoms with Crippen LogP contribution >= 0.6 is 0 Å². The standard InChI is InChI=1S/C15H20O9S/c1-15(2,9-23-13(16)21-3)11-7-10(8-25(18,19)20)5-6-12(11)24-14(17)22-4/h5-7H,8-9H2,1-4H3,(H,18,19,20). The summed E-state index contributed by atoms with van der Waals surface area (Å²) in [5.74, 6) is -0.517. The molecule has 25 heavy (non-hydrogen) atoms. The van der Waals surface area contributed by atoms with Crippen LogP contribution in [0.2, 0.25) is 0 Å². The van der Waals surface area contributed by atoms with E-state index in [1.165, 1.54) is 18.2 Å². The summed E-state index contributed by atoms with van der Waals surface area (Å²) >= 11 is 0. The molecule has 0 heterocycles. The summed E-state index contributed by atoms with van der Waals surface area (Å²) < 4.78 is 50.0. The molecule has 1 aromatic rings. The molecule has 140 valence electrons. The fourth-order valence-corrected chi connectivity index (χ4v) is 2.60. The van der Waals surface area contributed by atoms with Crippen molar-refractivity contribution in [3.63, 3.8) is 0 Å². The minimum atomic E-state index is -4.25. The summed E-state index contributed by atoms with van der Waals surface area (Å²) in [4.78, 5) is 22.6. The van der Waals surface area contributed by atoms with Gasteiger partial charge in [0.15, 0.2) is 0 Å². The molecule has 0 unspecified atom stereocenters. The maximum absolute atomic E-state index is 11.4. The molecule has 0 bridgehead atoms. The topological polar surface area (TPSA) is 125 Å². The van der Waals surface area contributed by atoms with Gasteiger partial charge in [0.25, 0.3) is 10.1 Å². The first-order chi connectivity index (χ1) is 11.5. The molecule has 0 aliphatic heterocycles. The van der Waals surface area contributed by atoms with E-state index in [0.29, 0.717) is 5.56 Å². The van der Waals surface area contributed by atoms with E-state index in [0.717, 1.165) is 14.2 Å². The Kier molecular flexibility index (Phi) is 6.77. The zero-order chi connectivity index (χ0) is 19.3. The maximum atomic E-state index is 11.4. The molecule has 0 aliphatic carbocycles. The molecule has 0 amide bonds. The first-order valence-electron chi connectivity index (χ1n) is 7.03. The third kappa shape index (κ3) is 6.59. The van der Waals surface area contributed by atoms with Crippen LogP contribution < -0.4 is 4.74 Å². The molecule has 0 aliphatic rings. The number of benzene rings is 1. The summed E-state index contributed by atoms with van der Waals surface area (Å²) in [6, 6.07) is 4.19. The van der Waals surface area contributed by atoms with Crippen molar-refractivity contribution in [1.29, 1.82) is 0 Å². The Morgan fingerprint density at radius 2 is 1.72 bits per heavy atom. The molecule has 0 spiro atoms. The molecule has 0 saturated heterocycles. The van der Waals surface area contributed by atoms with Crippen molar-refractivity contribution in [1.82, 2.24) is 0 Å². The number of carbonyl (C=O) groups is 2. The van der Waals surface area contributed by atoms with Crippen molar-refractivity contribution >= 4 is 22.4 Å². The predicted octanol–water partition coefficient (Wildman–Crippen LogP) is 2.28. The van der Waals surface area contributed by atoms with Crippen LogP contribution in [0.1, 0.15) is 25.0 Å². The minimum absolute atomic E-state index is 0.101. The quantitative estimate of drug-likeness (QED) is 0.452. The SMILES string of the molecule is COC(=O)OCC(C)(C)c1cc(CS(=O)(=O)O)ccc1OC(=O)OC. The molecule has 10 heteroatoms.